The molecule has 0 aromatic rings. The van der Waals surface area contributed by atoms with E-state index >= 15 is 0 Å². The molecule has 7 atom stereocenters. The largest absolute Gasteiger partial charge is 0.450 e. The maximum absolute atomic E-state index is 12.6. The van der Waals surface area contributed by atoms with Crippen molar-refractivity contribution < 1.29 is 35.1 Å². The summed E-state index contributed by atoms with van der Waals surface area (Å²) in [4.78, 5) is 12.6. The maximum atomic E-state index is 12.6. The van der Waals surface area contributed by atoms with Crippen molar-refractivity contribution in [3.05, 3.63) is 12.2 Å². The second-order valence-electron chi connectivity index (χ2n) is 14.7. The van der Waals surface area contributed by atoms with Gasteiger partial charge in [0.15, 0.2) is 0 Å². The summed E-state index contributed by atoms with van der Waals surface area (Å²) >= 11 is 0. The predicted molar refractivity (Wildman–Crippen MR) is 201 cm³/mol. The van der Waals surface area contributed by atoms with Crippen molar-refractivity contribution >= 4 is 6.09 Å². The average Bonchev–Trinajstić information content (AvgIpc) is 3.09. The zero-order valence-corrected chi connectivity index (χ0v) is 31.5. The van der Waals surface area contributed by atoms with Gasteiger partial charge < -0.3 is 40.9 Å². The van der Waals surface area contributed by atoms with Gasteiger partial charge in [-0.05, 0) is 25.7 Å². The summed E-state index contributed by atoms with van der Waals surface area (Å²) in [5, 5.41) is 57.5. The lowest BCUT2D eigenvalue weighted by atomic mass is 9.93. The number of unbranched alkanes of at least 4 members (excludes halogenated alkanes) is 21. The van der Waals surface area contributed by atoms with Crippen molar-refractivity contribution in [2.45, 2.75) is 223 Å². The molecule has 49 heavy (non-hydrogen) atoms. The van der Waals surface area contributed by atoms with Gasteiger partial charge in [0.25, 0.3) is 0 Å². The van der Waals surface area contributed by atoms with Crippen molar-refractivity contribution in [3.63, 3.8) is 0 Å². The Morgan fingerprint density at radius 2 is 1.12 bits per heavy atom. The Balaban J connectivity index is 2.09. The lowest BCUT2D eigenvalue weighted by Gasteiger charge is -2.33. The predicted octanol–water partition coefficient (Wildman–Crippen LogP) is 7.60. The Morgan fingerprint density at radius 3 is 1.59 bits per heavy atom. The Kier molecular flexibility index (Phi) is 29.4. The topological polar surface area (TPSA) is 152 Å². The summed E-state index contributed by atoms with van der Waals surface area (Å²) in [6, 6.07) is -1.36. The Morgan fingerprint density at radius 1 is 0.673 bits per heavy atom. The minimum Gasteiger partial charge on any atom is -0.450 e. The number of rotatable bonds is 31. The molecule has 7 N–H and O–H groups in total. The Labute approximate surface area is 300 Å². The third-order valence-electron chi connectivity index (χ3n) is 10.2. The summed E-state index contributed by atoms with van der Waals surface area (Å²) < 4.78 is 5.39. The number of aliphatic hydroxyl groups excluding tert-OH is 5. The summed E-state index contributed by atoms with van der Waals surface area (Å²) in [5.41, 5.74) is 0. The molecule has 0 saturated heterocycles. The number of hydrogen-bond donors (Lipinski definition) is 7. The van der Waals surface area contributed by atoms with E-state index in [2.05, 4.69) is 17.6 Å². The normalized spacial score (nSPS) is 22.2. The Hall–Kier alpha value is -1.23. The van der Waals surface area contributed by atoms with Gasteiger partial charge in [0.2, 0.25) is 0 Å². The van der Waals surface area contributed by atoms with E-state index in [0.717, 1.165) is 19.3 Å². The van der Waals surface area contributed by atoms with Crippen molar-refractivity contribution in [1.82, 2.24) is 10.6 Å². The van der Waals surface area contributed by atoms with Crippen LogP contribution in [0.15, 0.2) is 12.2 Å². The van der Waals surface area contributed by atoms with Gasteiger partial charge in [0.05, 0.1) is 37.1 Å². The van der Waals surface area contributed by atoms with Crippen LogP contribution in [0, 0.1) is 0 Å². The van der Waals surface area contributed by atoms with E-state index < -0.39 is 48.7 Å². The lowest BCUT2D eigenvalue weighted by Crippen LogP contribution is -2.56. The van der Waals surface area contributed by atoms with Crippen LogP contribution >= 0.6 is 0 Å². The van der Waals surface area contributed by atoms with Crippen LogP contribution < -0.4 is 10.6 Å². The first-order valence-electron chi connectivity index (χ1n) is 20.5. The van der Waals surface area contributed by atoms with Crippen LogP contribution in [0.3, 0.4) is 0 Å². The molecule has 0 heterocycles. The number of carbonyl (C=O) groups is 1. The monoisotopic (exact) mass is 699 g/mol. The fourth-order valence-electron chi connectivity index (χ4n) is 6.67. The molecule has 0 saturated carbocycles. The summed E-state index contributed by atoms with van der Waals surface area (Å²) in [6.45, 7) is 4.49. The lowest BCUT2D eigenvalue weighted by molar-refractivity contribution is -0.0723. The molecule has 1 amide bonds. The van der Waals surface area contributed by atoms with E-state index in [1.54, 1.807) is 6.08 Å². The molecule has 0 fully saturated rings. The second-order valence-corrected chi connectivity index (χ2v) is 14.7. The zero-order chi connectivity index (χ0) is 36.0. The molecule has 9 nitrogen and oxygen atoms in total. The third-order valence-corrected chi connectivity index (χ3v) is 10.2. The van der Waals surface area contributed by atoms with Crippen LogP contribution in [0.1, 0.15) is 181 Å². The van der Waals surface area contributed by atoms with Gasteiger partial charge in [0.1, 0.15) is 6.10 Å². The van der Waals surface area contributed by atoms with Crippen LogP contribution in [0.5, 0.6) is 0 Å². The zero-order valence-electron chi connectivity index (χ0n) is 31.5. The number of ether oxygens (including phenoxy) is 1. The fraction of sp³-hybridized carbons (Fsp3) is 0.925. The number of amides is 1. The van der Waals surface area contributed by atoms with Gasteiger partial charge in [-0.15, -0.1) is 0 Å². The first-order valence-corrected chi connectivity index (χ1v) is 20.5. The van der Waals surface area contributed by atoms with Crippen LogP contribution in [-0.2, 0) is 4.74 Å². The van der Waals surface area contributed by atoms with Gasteiger partial charge in [-0.2, -0.15) is 0 Å². The molecular formula is C40H78N2O7. The van der Waals surface area contributed by atoms with Crippen molar-refractivity contribution in [3.8, 4) is 0 Å². The van der Waals surface area contributed by atoms with E-state index in [0.29, 0.717) is 19.4 Å². The minimum absolute atomic E-state index is 0.0804. The van der Waals surface area contributed by atoms with E-state index in [4.69, 9.17) is 4.74 Å². The highest BCUT2D eigenvalue weighted by Crippen LogP contribution is 2.17. The molecule has 0 aliphatic heterocycles. The summed E-state index contributed by atoms with van der Waals surface area (Å²) in [5.74, 6) is 0. The average molecular weight is 699 g/mol. The molecule has 0 spiro atoms. The van der Waals surface area contributed by atoms with Gasteiger partial charge in [-0.25, -0.2) is 4.79 Å². The van der Waals surface area contributed by atoms with Gasteiger partial charge in [-0.1, -0.05) is 161 Å². The molecule has 0 aromatic heterocycles. The maximum Gasteiger partial charge on any atom is 0.407 e. The van der Waals surface area contributed by atoms with Crippen molar-refractivity contribution in [2.75, 3.05) is 13.2 Å². The highest BCUT2D eigenvalue weighted by atomic mass is 16.5. The summed E-state index contributed by atoms with van der Waals surface area (Å²) in [6.07, 6.45) is 27.9. The number of aliphatic hydroxyl groups is 5. The second kappa shape index (κ2) is 31.5. The molecule has 1 aliphatic rings. The van der Waals surface area contributed by atoms with Crippen LogP contribution in [0.25, 0.3) is 0 Å². The molecule has 0 radical (unpaired) electrons. The Bertz CT molecular complexity index is 786. The third kappa shape index (κ3) is 24.6. The first kappa shape index (κ1) is 45.8. The molecule has 0 bridgehead atoms. The van der Waals surface area contributed by atoms with Crippen molar-refractivity contribution in [2.24, 2.45) is 0 Å². The molecule has 9 heteroatoms. The van der Waals surface area contributed by atoms with Gasteiger partial charge in [-0.3, -0.25) is 0 Å². The standard InChI is InChI=1S/C40H78N2O7/c1-3-5-6-7-8-9-10-11-12-13-14-15-16-17-18-19-20-21-22-23-24-27-30-49-40(48)42-35(37(45)31-33(43)4-2)32-41-34-28-25-26-29-36(44)39(47)38(34)46/h25-26,33-39,41,43-47H,3-24,27-32H2,1-2H3,(H,42,48)/b26-25-. The number of carbonyl (C=O) groups excluding carboxylic acids is 1. The van der Waals surface area contributed by atoms with Gasteiger partial charge >= 0.3 is 6.09 Å². The van der Waals surface area contributed by atoms with E-state index in [-0.39, 0.29) is 19.4 Å². The number of hydrogen-bond acceptors (Lipinski definition) is 8. The summed E-state index contributed by atoms with van der Waals surface area (Å²) in [7, 11) is 0. The van der Waals surface area contributed by atoms with Crippen molar-refractivity contribution in [1.29, 1.82) is 0 Å². The number of nitrogens with one attached hydrogen (secondary N) is 2. The van der Waals surface area contributed by atoms with Gasteiger partial charge in [0, 0.05) is 19.0 Å². The molecule has 0 aromatic carbocycles. The fourth-order valence-corrected chi connectivity index (χ4v) is 6.67. The van der Waals surface area contributed by atoms with E-state index in [9.17, 15) is 30.3 Å². The molecule has 7 unspecified atom stereocenters. The molecule has 290 valence electrons. The highest BCUT2D eigenvalue weighted by Gasteiger charge is 2.33. The minimum atomic E-state index is -1.32. The van der Waals surface area contributed by atoms with E-state index in [1.165, 1.54) is 122 Å². The molecule has 1 aliphatic carbocycles. The number of alkyl carbamates (subject to hydrolysis) is 1. The molecular weight excluding hydrogens is 620 g/mol. The quantitative estimate of drug-likeness (QED) is 0.0289. The molecule has 1 rings (SSSR count). The SMILES string of the molecule is CCCCCCCCCCCCCCCCCCCCCCCCOC(=O)NC(CNC1C/C=C\CC(O)C(O)C1O)C(O)CC(O)CC. The van der Waals surface area contributed by atoms with E-state index in [1.807, 2.05) is 13.0 Å². The van der Waals surface area contributed by atoms with Crippen LogP contribution in [0.2, 0.25) is 0 Å². The smallest absolute Gasteiger partial charge is 0.407 e. The van der Waals surface area contributed by atoms with Crippen LogP contribution in [-0.4, -0.2) is 87.4 Å². The van der Waals surface area contributed by atoms with Crippen LogP contribution in [0.4, 0.5) is 4.79 Å². The first-order chi connectivity index (χ1) is 23.8. The highest BCUT2D eigenvalue weighted by molar-refractivity contribution is 5.67.